The van der Waals surface area contributed by atoms with Crippen LogP contribution < -0.4 is 5.32 Å². The molecule has 0 bridgehead atoms. The Kier molecular flexibility index (Phi) is 8.58. The summed E-state index contributed by atoms with van der Waals surface area (Å²) in [5.41, 5.74) is 2.56. The number of hydrogen-bond acceptors (Lipinski definition) is 2. The molecule has 2 aromatic rings. The lowest BCUT2D eigenvalue weighted by atomic mass is 9.93. The van der Waals surface area contributed by atoms with Crippen molar-refractivity contribution in [3.05, 3.63) is 71.8 Å². The van der Waals surface area contributed by atoms with Crippen LogP contribution in [0.1, 0.15) is 62.3 Å². The molecular formula is C22H31NO. The lowest BCUT2D eigenvalue weighted by Gasteiger charge is -2.23. The second kappa shape index (κ2) is 11.0. The molecule has 2 unspecified atom stereocenters. The molecule has 0 saturated carbocycles. The zero-order valence-electron chi connectivity index (χ0n) is 15.1. The van der Waals surface area contributed by atoms with Gasteiger partial charge >= 0.3 is 0 Å². The van der Waals surface area contributed by atoms with Gasteiger partial charge in [0.25, 0.3) is 0 Å². The van der Waals surface area contributed by atoms with Crippen molar-refractivity contribution in [3.8, 4) is 0 Å². The molecule has 2 atom stereocenters. The Morgan fingerprint density at radius 3 is 2.04 bits per heavy atom. The van der Waals surface area contributed by atoms with Gasteiger partial charge in [-0.15, -0.1) is 0 Å². The van der Waals surface area contributed by atoms with Crippen molar-refractivity contribution in [2.45, 2.75) is 51.2 Å². The molecule has 0 aliphatic heterocycles. The number of hydrogen-bond donors (Lipinski definition) is 1. The van der Waals surface area contributed by atoms with Crippen LogP contribution in [0, 0.1) is 0 Å². The highest BCUT2D eigenvalue weighted by Gasteiger charge is 2.15. The number of rotatable bonds is 11. The van der Waals surface area contributed by atoms with Crippen LogP contribution in [0.15, 0.2) is 60.7 Å². The third-order valence-electron chi connectivity index (χ3n) is 4.51. The van der Waals surface area contributed by atoms with E-state index in [-0.39, 0.29) is 6.23 Å². The average Bonchev–Trinajstić information content (AvgIpc) is 2.65. The second-order valence-electron chi connectivity index (χ2n) is 6.37. The summed E-state index contributed by atoms with van der Waals surface area (Å²) in [5, 5.41) is 3.28. The molecule has 0 fully saturated rings. The van der Waals surface area contributed by atoms with E-state index in [2.05, 4.69) is 66.8 Å². The van der Waals surface area contributed by atoms with Crippen molar-refractivity contribution in [1.82, 2.24) is 5.32 Å². The van der Waals surface area contributed by atoms with Crippen molar-refractivity contribution in [3.63, 3.8) is 0 Å². The first-order chi connectivity index (χ1) is 11.8. The molecule has 2 heteroatoms. The number of unbranched alkanes of at least 4 members (excludes halogenated alkanes) is 3. The van der Waals surface area contributed by atoms with Gasteiger partial charge in [-0.1, -0.05) is 93.3 Å². The first-order valence-corrected chi connectivity index (χ1v) is 9.24. The van der Waals surface area contributed by atoms with Crippen molar-refractivity contribution >= 4 is 0 Å². The third kappa shape index (κ3) is 6.10. The fourth-order valence-electron chi connectivity index (χ4n) is 3.08. The van der Waals surface area contributed by atoms with Crippen LogP contribution in [-0.2, 0) is 4.74 Å². The number of benzene rings is 2. The molecule has 1 N–H and O–H groups in total. The Morgan fingerprint density at radius 1 is 0.833 bits per heavy atom. The highest BCUT2D eigenvalue weighted by molar-refractivity contribution is 5.20. The molecule has 0 aromatic heterocycles. The predicted molar refractivity (Wildman–Crippen MR) is 102 cm³/mol. The molecule has 2 aromatic carbocycles. The van der Waals surface area contributed by atoms with Gasteiger partial charge in [0.05, 0.1) is 6.61 Å². The van der Waals surface area contributed by atoms with Crippen LogP contribution in [0.5, 0.6) is 0 Å². The summed E-state index contributed by atoms with van der Waals surface area (Å²) in [4.78, 5) is 0. The van der Waals surface area contributed by atoms with Crippen LogP contribution in [0.2, 0.25) is 0 Å². The lowest BCUT2D eigenvalue weighted by molar-refractivity contribution is 0.0231. The van der Waals surface area contributed by atoms with Crippen LogP contribution in [0.25, 0.3) is 0 Å². The van der Waals surface area contributed by atoms with Crippen molar-refractivity contribution in [1.29, 1.82) is 0 Å². The van der Waals surface area contributed by atoms with E-state index >= 15 is 0 Å². The third-order valence-corrected chi connectivity index (χ3v) is 4.51. The van der Waals surface area contributed by atoms with E-state index in [1.54, 1.807) is 0 Å². The average molecular weight is 325 g/mol. The van der Waals surface area contributed by atoms with Gasteiger partial charge in [0, 0.05) is 5.92 Å². The van der Waals surface area contributed by atoms with Crippen molar-refractivity contribution < 1.29 is 4.74 Å². The fourth-order valence-corrected chi connectivity index (χ4v) is 3.08. The SMILES string of the molecule is CCCCCCC(COC(NC)c1ccccc1)c1ccccc1. The van der Waals surface area contributed by atoms with Crippen LogP contribution >= 0.6 is 0 Å². The van der Waals surface area contributed by atoms with Gasteiger partial charge < -0.3 is 4.74 Å². The maximum atomic E-state index is 6.24. The van der Waals surface area contributed by atoms with Crippen molar-refractivity contribution in [2.24, 2.45) is 0 Å². The molecule has 2 rings (SSSR count). The molecule has 0 saturated heterocycles. The Labute approximate surface area is 147 Å². The summed E-state index contributed by atoms with van der Waals surface area (Å²) < 4.78 is 6.24. The molecule has 2 nitrogen and oxygen atoms in total. The molecule has 0 radical (unpaired) electrons. The Balaban J connectivity index is 1.96. The van der Waals surface area contributed by atoms with E-state index in [1.165, 1.54) is 43.2 Å². The van der Waals surface area contributed by atoms with Gasteiger partial charge in [-0.25, -0.2) is 0 Å². The molecule has 130 valence electrons. The van der Waals surface area contributed by atoms with E-state index < -0.39 is 0 Å². The monoisotopic (exact) mass is 325 g/mol. The standard InChI is InChI=1S/C22H31NO/c1-3-4-5-8-17-21(19-13-9-6-10-14-19)18-24-22(23-2)20-15-11-7-12-16-20/h6-7,9-16,21-23H,3-5,8,17-18H2,1-2H3. The predicted octanol–water partition coefficient (Wildman–Crippen LogP) is 5.68. The maximum Gasteiger partial charge on any atom is 0.134 e. The number of nitrogens with one attached hydrogen (secondary N) is 1. The van der Waals surface area contributed by atoms with Crippen LogP contribution in [0.3, 0.4) is 0 Å². The minimum Gasteiger partial charge on any atom is -0.358 e. The normalized spacial score (nSPS) is 13.6. The molecule has 0 amide bonds. The van der Waals surface area contributed by atoms with Crippen LogP contribution in [0.4, 0.5) is 0 Å². The fraction of sp³-hybridized carbons (Fsp3) is 0.455. The largest absolute Gasteiger partial charge is 0.358 e. The van der Waals surface area contributed by atoms with Gasteiger partial charge in [-0.05, 0) is 24.6 Å². The van der Waals surface area contributed by atoms with Crippen molar-refractivity contribution in [2.75, 3.05) is 13.7 Å². The van der Waals surface area contributed by atoms with Gasteiger partial charge in [0.1, 0.15) is 6.23 Å². The molecule has 0 aliphatic rings. The zero-order valence-corrected chi connectivity index (χ0v) is 15.1. The van der Waals surface area contributed by atoms with Crippen LogP contribution in [-0.4, -0.2) is 13.7 Å². The summed E-state index contributed by atoms with van der Waals surface area (Å²) in [6.45, 7) is 3.01. The quantitative estimate of drug-likeness (QED) is 0.424. The molecule has 24 heavy (non-hydrogen) atoms. The summed E-state index contributed by atoms with van der Waals surface area (Å²) >= 11 is 0. The highest BCUT2D eigenvalue weighted by atomic mass is 16.5. The minimum absolute atomic E-state index is 0.0481. The van der Waals surface area contributed by atoms with Gasteiger partial charge in [0.2, 0.25) is 0 Å². The number of ether oxygens (including phenoxy) is 1. The summed E-state index contributed by atoms with van der Waals surface area (Å²) in [7, 11) is 1.95. The highest BCUT2D eigenvalue weighted by Crippen LogP contribution is 2.25. The Morgan fingerprint density at radius 2 is 1.46 bits per heavy atom. The summed E-state index contributed by atoms with van der Waals surface area (Å²) in [5.74, 6) is 0.461. The topological polar surface area (TPSA) is 21.3 Å². The lowest BCUT2D eigenvalue weighted by Crippen LogP contribution is -2.22. The van der Waals surface area contributed by atoms with E-state index in [4.69, 9.17) is 4.74 Å². The maximum absolute atomic E-state index is 6.24. The molecule has 0 spiro atoms. The smallest absolute Gasteiger partial charge is 0.134 e. The Hall–Kier alpha value is -1.64. The first-order valence-electron chi connectivity index (χ1n) is 9.24. The van der Waals surface area contributed by atoms with E-state index in [9.17, 15) is 0 Å². The van der Waals surface area contributed by atoms with Gasteiger partial charge in [0.15, 0.2) is 0 Å². The summed E-state index contributed by atoms with van der Waals surface area (Å²) in [6.07, 6.45) is 6.33. The minimum atomic E-state index is -0.0481. The summed E-state index contributed by atoms with van der Waals surface area (Å²) in [6, 6.07) is 21.2. The van der Waals surface area contributed by atoms with E-state index in [0.717, 1.165) is 6.61 Å². The van der Waals surface area contributed by atoms with E-state index in [0.29, 0.717) is 5.92 Å². The Bertz CT molecular complexity index is 540. The van der Waals surface area contributed by atoms with E-state index in [1.807, 2.05) is 13.1 Å². The van der Waals surface area contributed by atoms with Gasteiger partial charge in [-0.3, -0.25) is 5.32 Å². The molecule has 0 aliphatic carbocycles. The molecule has 0 heterocycles. The first kappa shape index (κ1) is 18.7. The molecular weight excluding hydrogens is 294 g/mol. The zero-order chi connectivity index (χ0) is 17.0. The second-order valence-corrected chi connectivity index (χ2v) is 6.37. The van der Waals surface area contributed by atoms with Gasteiger partial charge in [-0.2, -0.15) is 0 Å².